The number of carbonyl (C=O) groups excluding carboxylic acids is 5. The first-order chi connectivity index (χ1) is 27.3. The maximum Gasteiger partial charge on any atom is 0.313 e. The summed E-state index contributed by atoms with van der Waals surface area (Å²) in [6.07, 6.45) is -2.43. The van der Waals surface area contributed by atoms with E-state index < -0.39 is 95.5 Å². The summed E-state index contributed by atoms with van der Waals surface area (Å²) in [6.45, 7) is 12.6. The number of fused-ring (bicyclic) bond motifs is 14. The molecule has 1 aromatic carbocycles. The number of ketones is 1. The molecule has 4 aliphatic rings. The van der Waals surface area contributed by atoms with Crippen molar-refractivity contribution in [3.8, 4) is 11.5 Å². The molecule has 0 aromatic heterocycles. The molecular formula is C42H53NO16. The van der Waals surface area contributed by atoms with Gasteiger partial charge in [0, 0.05) is 48.0 Å². The zero-order chi connectivity index (χ0) is 44.6. The summed E-state index contributed by atoms with van der Waals surface area (Å²) in [5.74, 6) is -9.88. The Hall–Kier alpha value is -5.33. The second-order valence-electron chi connectivity index (χ2n) is 15.6. The summed E-state index contributed by atoms with van der Waals surface area (Å²) in [7, 11) is 1.01. The lowest BCUT2D eigenvalue weighted by Crippen LogP contribution is -2.55. The number of methoxy groups -OCH3 is 1. The molecule has 7 N–H and O–H groups in total. The monoisotopic (exact) mass is 827 g/mol. The van der Waals surface area contributed by atoms with E-state index in [0.717, 1.165) is 27.0 Å². The first-order valence-corrected chi connectivity index (χ1v) is 18.8. The molecule has 4 bridgehead atoms. The lowest BCUT2D eigenvalue weighted by atomic mass is 9.74. The molecule has 1 aromatic rings. The molecule has 0 fully saturated rings. The molecule has 0 saturated heterocycles. The molecule has 9 atom stereocenters. The van der Waals surface area contributed by atoms with E-state index in [1.165, 1.54) is 73.6 Å². The Morgan fingerprint density at radius 1 is 0.864 bits per heavy atom. The number of amides is 1. The van der Waals surface area contributed by atoms with Crippen molar-refractivity contribution in [2.24, 2.45) is 17.8 Å². The maximum absolute atomic E-state index is 14.0. The molecule has 0 spiro atoms. The van der Waals surface area contributed by atoms with Crippen LogP contribution < -0.4 is 10.1 Å². The van der Waals surface area contributed by atoms with Crippen LogP contribution in [-0.4, -0.2) is 110 Å². The summed E-state index contributed by atoms with van der Waals surface area (Å²) in [4.78, 5) is 65.8. The Kier molecular flexibility index (Phi) is 13.7. The minimum atomic E-state index is -2.25. The smallest absolute Gasteiger partial charge is 0.313 e. The Bertz CT molecular complexity index is 2090. The summed E-state index contributed by atoms with van der Waals surface area (Å²) >= 11 is 0. The Labute approximate surface area is 341 Å². The molecule has 322 valence electrons. The number of Topliss-reactive ketones (excluding diaryl/α,β-unsaturated/α-hetero) is 1. The summed E-state index contributed by atoms with van der Waals surface area (Å²) in [6, 6.07) is 0. The fourth-order valence-electron chi connectivity index (χ4n) is 7.70. The molecule has 0 unspecified atom stereocenters. The van der Waals surface area contributed by atoms with Crippen molar-refractivity contribution in [2.75, 3.05) is 19.2 Å². The number of phenolic OH excluding ortho intramolecular Hbond substituents is 1. The average Bonchev–Trinajstić information content (AvgIpc) is 3.16. The highest BCUT2D eigenvalue weighted by Gasteiger charge is 2.49. The molecule has 0 radical (unpaired) electrons. The number of ether oxygens (including phenoxy) is 5. The van der Waals surface area contributed by atoms with E-state index >= 15 is 0 Å². The van der Waals surface area contributed by atoms with Crippen molar-refractivity contribution in [3.05, 3.63) is 69.2 Å². The minimum absolute atomic E-state index is 0.00215. The molecule has 0 saturated carbocycles. The van der Waals surface area contributed by atoms with Gasteiger partial charge in [0.25, 0.3) is 5.91 Å². The Morgan fingerprint density at radius 2 is 1.46 bits per heavy atom. The second kappa shape index (κ2) is 17.5. The zero-order valence-electron chi connectivity index (χ0n) is 34.8. The van der Waals surface area contributed by atoms with E-state index in [0.29, 0.717) is 0 Å². The van der Waals surface area contributed by atoms with Gasteiger partial charge in [-0.05, 0) is 59.3 Å². The Balaban J connectivity index is 2.10. The number of aromatic hydroxyl groups is 1. The van der Waals surface area contributed by atoms with Crippen LogP contribution >= 0.6 is 0 Å². The quantitative estimate of drug-likeness (QED) is 0.131. The third-order valence-corrected chi connectivity index (χ3v) is 10.9. The van der Waals surface area contributed by atoms with Gasteiger partial charge in [0.05, 0.1) is 42.2 Å². The van der Waals surface area contributed by atoms with Crippen LogP contribution in [0, 0.1) is 24.7 Å². The predicted molar refractivity (Wildman–Crippen MR) is 209 cm³/mol. The molecule has 3 aliphatic heterocycles. The number of aliphatic hydroxyl groups is 5. The third kappa shape index (κ3) is 8.99. The molecule has 3 heterocycles. The molecular weight excluding hydrogens is 774 g/mol. The first kappa shape index (κ1) is 46.4. The van der Waals surface area contributed by atoms with E-state index in [-0.39, 0.29) is 61.9 Å². The number of allylic oxidation sites excluding steroid dienone is 5. The van der Waals surface area contributed by atoms with Crippen LogP contribution in [0.15, 0.2) is 52.5 Å². The molecule has 17 nitrogen and oxygen atoms in total. The molecule has 1 aliphatic carbocycles. The van der Waals surface area contributed by atoms with Crippen LogP contribution in [0.1, 0.15) is 83.8 Å². The van der Waals surface area contributed by atoms with Crippen LogP contribution in [0.5, 0.6) is 11.5 Å². The second-order valence-corrected chi connectivity index (χ2v) is 15.6. The molecule has 17 heteroatoms. The number of hydrogen-bond acceptors (Lipinski definition) is 16. The number of phenols is 1. The van der Waals surface area contributed by atoms with Gasteiger partial charge in [-0.1, -0.05) is 26.0 Å². The number of anilines is 1. The molecule has 59 heavy (non-hydrogen) atoms. The largest absolute Gasteiger partial charge is 0.505 e. The van der Waals surface area contributed by atoms with Gasteiger partial charge in [0.15, 0.2) is 11.5 Å². The SMILES string of the molecule is COC(=O)[C@H]1[C@H](O)[C@H](C)[C@@H](O)[C@](C)(O)/C=C(/C)C2=C3C(=C(C)C(=O)c4c(O)c(c(C)c(OC(C)=O)c43)NC(=O)/C(C)=C\C=C\[C@](C)(O)[C@@H](OC(C)=O)[C@@H](C)[C@H]1O)OCO2. The van der Waals surface area contributed by atoms with Gasteiger partial charge in [-0.15, -0.1) is 0 Å². The van der Waals surface area contributed by atoms with Crippen molar-refractivity contribution in [2.45, 2.75) is 105 Å². The number of esters is 3. The maximum atomic E-state index is 14.0. The zero-order valence-corrected chi connectivity index (χ0v) is 34.8. The number of carbonyl (C=O) groups is 5. The van der Waals surface area contributed by atoms with Gasteiger partial charge in [0.2, 0.25) is 6.79 Å². The highest BCUT2D eigenvalue weighted by Crippen LogP contribution is 2.53. The molecule has 5 rings (SSSR count). The first-order valence-electron chi connectivity index (χ1n) is 18.8. The fourth-order valence-corrected chi connectivity index (χ4v) is 7.70. The van der Waals surface area contributed by atoms with Gasteiger partial charge in [-0.3, -0.25) is 24.0 Å². The number of hydrogen-bond donors (Lipinski definition) is 7. The van der Waals surface area contributed by atoms with Gasteiger partial charge < -0.3 is 59.6 Å². The summed E-state index contributed by atoms with van der Waals surface area (Å²) in [5.41, 5.74) is -4.97. The Morgan fingerprint density at radius 3 is 2.03 bits per heavy atom. The van der Waals surface area contributed by atoms with Crippen molar-refractivity contribution >= 4 is 40.9 Å². The summed E-state index contributed by atoms with van der Waals surface area (Å²) < 4.78 is 27.8. The van der Waals surface area contributed by atoms with E-state index in [2.05, 4.69) is 5.32 Å². The average molecular weight is 828 g/mol. The van der Waals surface area contributed by atoms with Gasteiger partial charge >= 0.3 is 17.9 Å². The van der Waals surface area contributed by atoms with Gasteiger partial charge in [0.1, 0.15) is 40.5 Å². The lowest BCUT2D eigenvalue weighted by molar-refractivity contribution is -0.180. The highest BCUT2D eigenvalue weighted by molar-refractivity contribution is 6.21. The van der Waals surface area contributed by atoms with Crippen molar-refractivity contribution in [1.29, 1.82) is 0 Å². The van der Waals surface area contributed by atoms with Crippen molar-refractivity contribution in [1.82, 2.24) is 0 Å². The highest BCUT2D eigenvalue weighted by atomic mass is 16.7. The van der Waals surface area contributed by atoms with Crippen molar-refractivity contribution < 1.29 is 78.3 Å². The minimum Gasteiger partial charge on any atom is -0.505 e. The number of aliphatic hydroxyl groups excluding tert-OH is 3. The van der Waals surface area contributed by atoms with Crippen LogP contribution in [0.4, 0.5) is 5.69 Å². The topological polar surface area (TPSA) is 265 Å². The van der Waals surface area contributed by atoms with E-state index in [9.17, 15) is 54.6 Å². The number of rotatable bonds is 3. The van der Waals surface area contributed by atoms with Crippen molar-refractivity contribution in [3.63, 3.8) is 0 Å². The van der Waals surface area contributed by atoms with Crippen LogP contribution in [-0.2, 0) is 38.1 Å². The number of nitrogens with one attached hydrogen (secondary N) is 1. The van der Waals surface area contributed by atoms with Crippen LogP contribution in [0.25, 0.3) is 5.57 Å². The van der Waals surface area contributed by atoms with E-state index in [4.69, 9.17) is 23.7 Å². The van der Waals surface area contributed by atoms with Gasteiger partial charge in [-0.25, -0.2) is 0 Å². The van der Waals surface area contributed by atoms with Gasteiger partial charge in [-0.2, -0.15) is 0 Å². The lowest BCUT2D eigenvalue weighted by Gasteiger charge is -2.41. The van der Waals surface area contributed by atoms with Crippen LogP contribution in [0.3, 0.4) is 0 Å². The molecule has 1 amide bonds. The normalized spacial score (nSPS) is 33.0. The third-order valence-electron chi connectivity index (χ3n) is 10.9. The number of benzene rings is 1. The standard InChI is InChI=1S/C42H53NO16/c1-17-13-12-14-41(9,53)38(59-24(8)45)22(6)32(48)28(40(52)55-11)31(47)21(5)37(50)42(10,54)15-18(2)34-27-25-26(30(46)20(4)35(27)57-16-56-34)33(49)29(43-39(17)51)19(3)36(25)58-23(7)44/h12-15,21-22,28,31-32,37-38,47-50,53-54H,16H2,1-11H3,(H,43,51)/b14-12+,17-13-,18-15-/t21-,22-,28-,31+,32+,37+,38-,41-,42+/m0/s1. The van der Waals surface area contributed by atoms with E-state index in [1.54, 1.807) is 0 Å². The summed E-state index contributed by atoms with van der Waals surface area (Å²) in [5, 5.41) is 72.8. The van der Waals surface area contributed by atoms with E-state index in [1.807, 2.05) is 0 Å². The van der Waals surface area contributed by atoms with Crippen LogP contribution in [0.2, 0.25) is 0 Å². The predicted octanol–water partition coefficient (Wildman–Crippen LogP) is 2.79. The fraction of sp³-hybridized carbons (Fsp3) is 0.500.